The van der Waals surface area contributed by atoms with Crippen molar-refractivity contribution in [2.45, 2.75) is 5.38 Å². The van der Waals surface area contributed by atoms with E-state index in [1.165, 1.54) is 11.3 Å². The van der Waals surface area contributed by atoms with Crippen LogP contribution in [0, 0.1) is 0 Å². The molecule has 1 unspecified atom stereocenters. The summed E-state index contributed by atoms with van der Waals surface area (Å²) in [5.41, 5.74) is 2.16. The van der Waals surface area contributed by atoms with Crippen LogP contribution < -0.4 is 0 Å². The van der Waals surface area contributed by atoms with E-state index in [0.29, 0.717) is 0 Å². The number of thiophene rings is 1. The summed E-state index contributed by atoms with van der Waals surface area (Å²) in [4.78, 5) is 0. The van der Waals surface area contributed by atoms with Gasteiger partial charge in [-0.1, -0.05) is 41.9 Å². The molecule has 1 atom stereocenters. The van der Waals surface area contributed by atoms with Gasteiger partial charge in [-0.3, -0.25) is 0 Å². The van der Waals surface area contributed by atoms with Crippen molar-refractivity contribution in [3.8, 4) is 0 Å². The van der Waals surface area contributed by atoms with Gasteiger partial charge < -0.3 is 0 Å². The predicted molar refractivity (Wildman–Crippen MR) is 63.5 cm³/mol. The molecule has 1 aromatic heterocycles. The minimum absolute atomic E-state index is 0.0973. The quantitative estimate of drug-likeness (QED) is 0.669. The van der Waals surface area contributed by atoms with Crippen molar-refractivity contribution >= 4 is 34.5 Å². The molecule has 1 heterocycles. The summed E-state index contributed by atoms with van der Waals surface area (Å²) in [6, 6.07) is 11.9. The second kappa shape index (κ2) is 4.35. The van der Waals surface area contributed by atoms with Gasteiger partial charge in [0.1, 0.15) is 0 Å². The fourth-order valence-electron chi connectivity index (χ4n) is 1.27. The van der Waals surface area contributed by atoms with E-state index in [-0.39, 0.29) is 5.38 Å². The van der Waals surface area contributed by atoms with E-state index in [1.807, 2.05) is 41.8 Å². The minimum atomic E-state index is -0.0973. The van der Waals surface area contributed by atoms with Crippen LogP contribution in [0.3, 0.4) is 0 Å². The van der Waals surface area contributed by atoms with E-state index in [4.69, 9.17) is 23.2 Å². The average Bonchev–Trinajstić information content (AvgIpc) is 2.65. The summed E-state index contributed by atoms with van der Waals surface area (Å²) < 4.78 is 0.779. The molecule has 0 nitrogen and oxygen atoms in total. The van der Waals surface area contributed by atoms with Crippen LogP contribution in [0.4, 0.5) is 0 Å². The second-order valence-electron chi connectivity index (χ2n) is 2.96. The molecule has 0 aliphatic heterocycles. The van der Waals surface area contributed by atoms with Crippen molar-refractivity contribution in [1.29, 1.82) is 0 Å². The van der Waals surface area contributed by atoms with Crippen molar-refractivity contribution in [2.75, 3.05) is 0 Å². The van der Waals surface area contributed by atoms with Gasteiger partial charge >= 0.3 is 0 Å². The highest BCUT2D eigenvalue weighted by atomic mass is 35.5. The van der Waals surface area contributed by atoms with E-state index in [2.05, 4.69) is 0 Å². The lowest BCUT2D eigenvalue weighted by molar-refractivity contribution is 1.16. The standard InChI is InChI=1S/C11H8Cl2S/c12-10-6-9(7-14-10)11(13)8-4-2-1-3-5-8/h1-7,11H. The molecule has 0 fully saturated rings. The molecule has 0 radical (unpaired) electrons. The largest absolute Gasteiger partial charge is 0.132 e. The highest BCUT2D eigenvalue weighted by Crippen LogP contribution is 2.33. The Morgan fingerprint density at radius 2 is 1.79 bits per heavy atom. The zero-order valence-corrected chi connectivity index (χ0v) is 9.61. The van der Waals surface area contributed by atoms with Crippen molar-refractivity contribution < 1.29 is 0 Å². The predicted octanol–water partition coefficient (Wildman–Crippen LogP) is 4.73. The Balaban J connectivity index is 2.29. The summed E-state index contributed by atoms with van der Waals surface area (Å²) in [7, 11) is 0. The maximum absolute atomic E-state index is 6.29. The van der Waals surface area contributed by atoms with Gasteiger partial charge in [0.15, 0.2) is 0 Å². The Labute approximate surface area is 97.1 Å². The number of hydrogen-bond donors (Lipinski definition) is 0. The third kappa shape index (κ3) is 2.11. The first-order chi connectivity index (χ1) is 6.77. The number of alkyl halides is 1. The van der Waals surface area contributed by atoms with E-state index in [1.54, 1.807) is 0 Å². The monoisotopic (exact) mass is 242 g/mol. The lowest BCUT2D eigenvalue weighted by Crippen LogP contribution is -1.89. The Hall–Kier alpha value is -0.500. The Kier molecular flexibility index (Phi) is 3.12. The summed E-state index contributed by atoms with van der Waals surface area (Å²) in [6.07, 6.45) is 0. The molecule has 14 heavy (non-hydrogen) atoms. The van der Waals surface area contributed by atoms with Crippen LogP contribution >= 0.6 is 34.5 Å². The SMILES string of the molecule is Clc1cc(C(Cl)c2ccccc2)cs1. The molecule has 3 heteroatoms. The molecule has 0 spiro atoms. The molecule has 2 aromatic rings. The van der Waals surface area contributed by atoms with Crippen molar-refractivity contribution in [2.24, 2.45) is 0 Å². The van der Waals surface area contributed by atoms with E-state index in [0.717, 1.165) is 15.5 Å². The number of benzene rings is 1. The first-order valence-electron chi connectivity index (χ1n) is 4.20. The zero-order valence-electron chi connectivity index (χ0n) is 7.28. The van der Waals surface area contributed by atoms with Gasteiger partial charge in [-0.05, 0) is 22.6 Å². The number of rotatable bonds is 2. The number of halogens is 2. The van der Waals surface area contributed by atoms with E-state index >= 15 is 0 Å². The van der Waals surface area contributed by atoms with Gasteiger partial charge in [-0.25, -0.2) is 0 Å². The molecule has 72 valence electrons. The minimum Gasteiger partial charge on any atom is -0.132 e. The van der Waals surface area contributed by atoms with Crippen LogP contribution in [-0.4, -0.2) is 0 Å². The molecule has 0 amide bonds. The Morgan fingerprint density at radius 1 is 1.07 bits per heavy atom. The lowest BCUT2D eigenvalue weighted by Gasteiger charge is -2.06. The fourth-order valence-corrected chi connectivity index (χ4v) is 2.53. The normalized spacial score (nSPS) is 12.7. The summed E-state index contributed by atoms with van der Waals surface area (Å²) >= 11 is 13.7. The summed E-state index contributed by atoms with van der Waals surface area (Å²) in [6.45, 7) is 0. The third-order valence-corrected chi connectivity index (χ3v) is 3.59. The van der Waals surface area contributed by atoms with Gasteiger partial charge in [-0.15, -0.1) is 22.9 Å². The molecule has 0 aliphatic rings. The fraction of sp³-hybridized carbons (Fsp3) is 0.0909. The van der Waals surface area contributed by atoms with Gasteiger partial charge in [0.25, 0.3) is 0 Å². The highest BCUT2D eigenvalue weighted by molar-refractivity contribution is 7.14. The van der Waals surface area contributed by atoms with Crippen LogP contribution in [0.15, 0.2) is 41.8 Å². The third-order valence-electron chi connectivity index (χ3n) is 1.97. The van der Waals surface area contributed by atoms with Crippen LogP contribution in [0.1, 0.15) is 16.5 Å². The zero-order chi connectivity index (χ0) is 9.97. The molecular weight excluding hydrogens is 235 g/mol. The maximum Gasteiger partial charge on any atom is 0.0931 e. The molecule has 0 aliphatic carbocycles. The molecule has 0 N–H and O–H groups in total. The first kappa shape index (κ1) is 10.0. The molecule has 0 saturated carbocycles. The highest BCUT2D eigenvalue weighted by Gasteiger charge is 2.11. The van der Waals surface area contributed by atoms with Gasteiger partial charge in [0.05, 0.1) is 9.71 Å². The Bertz CT molecular complexity index is 408. The Morgan fingerprint density at radius 3 is 2.36 bits per heavy atom. The first-order valence-corrected chi connectivity index (χ1v) is 5.90. The molecule has 0 saturated heterocycles. The van der Waals surface area contributed by atoms with Gasteiger partial charge in [0.2, 0.25) is 0 Å². The smallest absolute Gasteiger partial charge is 0.0931 e. The van der Waals surface area contributed by atoms with Crippen molar-refractivity contribution in [1.82, 2.24) is 0 Å². The van der Waals surface area contributed by atoms with E-state index < -0.39 is 0 Å². The molecular formula is C11H8Cl2S. The van der Waals surface area contributed by atoms with Gasteiger partial charge in [-0.2, -0.15) is 0 Å². The average molecular weight is 243 g/mol. The molecule has 2 rings (SSSR count). The summed E-state index contributed by atoms with van der Waals surface area (Å²) in [5, 5.41) is 1.90. The lowest BCUT2D eigenvalue weighted by atomic mass is 10.1. The van der Waals surface area contributed by atoms with Crippen LogP contribution in [0.5, 0.6) is 0 Å². The van der Waals surface area contributed by atoms with Crippen LogP contribution in [0.2, 0.25) is 4.34 Å². The van der Waals surface area contributed by atoms with Crippen LogP contribution in [-0.2, 0) is 0 Å². The molecule has 0 bridgehead atoms. The molecule has 1 aromatic carbocycles. The van der Waals surface area contributed by atoms with Crippen molar-refractivity contribution in [3.63, 3.8) is 0 Å². The van der Waals surface area contributed by atoms with Crippen LogP contribution in [0.25, 0.3) is 0 Å². The van der Waals surface area contributed by atoms with E-state index in [9.17, 15) is 0 Å². The van der Waals surface area contributed by atoms with Gasteiger partial charge in [0, 0.05) is 0 Å². The number of hydrogen-bond acceptors (Lipinski definition) is 1. The maximum atomic E-state index is 6.29. The summed E-state index contributed by atoms with van der Waals surface area (Å²) in [5.74, 6) is 0. The second-order valence-corrected chi connectivity index (χ2v) is 4.94. The van der Waals surface area contributed by atoms with Crippen molar-refractivity contribution in [3.05, 3.63) is 57.2 Å². The topological polar surface area (TPSA) is 0 Å².